The highest BCUT2D eigenvalue weighted by molar-refractivity contribution is 14.0. The average molecular weight is 518 g/mol. The third-order valence-corrected chi connectivity index (χ3v) is 5.23. The second-order valence-corrected chi connectivity index (χ2v) is 7.38. The molecular formula is C21H35IN4O3. The van der Waals surface area contributed by atoms with Gasteiger partial charge in [0.05, 0.1) is 19.1 Å². The maximum atomic E-state index is 12.7. The molecular weight excluding hydrogens is 483 g/mol. The fourth-order valence-electron chi connectivity index (χ4n) is 3.75. The SMILES string of the molecule is CCOc1ccc(CNC(=NC)NCC2(C(=O)N(C)C)CCCC2)cc1OC.I. The Labute approximate surface area is 191 Å². The van der Waals surface area contributed by atoms with Gasteiger partial charge in [0.15, 0.2) is 17.5 Å². The number of hydrogen-bond acceptors (Lipinski definition) is 4. The van der Waals surface area contributed by atoms with Crippen LogP contribution in [-0.2, 0) is 11.3 Å². The first-order chi connectivity index (χ1) is 13.5. The molecule has 1 amide bonds. The smallest absolute Gasteiger partial charge is 0.230 e. The number of nitrogens with zero attached hydrogens (tertiary/aromatic N) is 2. The van der Waals surface area contributed by atoms with Gasteiger partial charge in [-0.05, 0) is 37.5 Å². The molecule has 1 aliphatic rings. The predicted octanol–water partition coefficient (Wildman–Crippen LogP) is 3.03. The molecule has 1 aromatic rings. The summed E-state index contributed by atoms with van der Waals surface area (Å²) in [4.78, 5) is 18.7. The van der Waals surface area contributed by atoms with Crippen LogP contribution < -0.4 is 20.1 Å². The largest absolute Gasteiger partial charge is 0.493 e. The van der Waals surface area contributed by atoms with Crippen molar-refractivity contribution in [3.8, 4) is 11.5 Å². The lowest BCUT2D eigenvalue weighted by Crippen LogP contribution is -2.49. The van der Waals surface area contributed by atoms with Crippen molar-refractivity contribution in [3.05, 3.63) is 23.8 Å². The van der Waals surface area contributed by atoms with Gasteiger partial charge in [-0.15, -0.1) is 24.0 Å². The molecule has 0 aliphatic heterocycles. The van der Waals surface area contributed by atoms with Crippen molar-refractivity contribution in [2.24, 2.45) is 10.4 Å². The highest BCUT2D eigenvalue weighted by Crippen LogP contribution is 2.38. The number of benzene rings is 1. The molecule has 1 aliphatic carbocycles. The highest BCUT2D eigenvalue weighted by atomic mass is 127. The normalized spacial score (nSPS) is 15.3. The van der Waals surface area contributed by atoms with Crippen molar-refractivity contribution in [2.75, 3.05) is 41.4 Å². The molecule has 1 fully saturated rings. The molecule has 8 heteroatoms. The zero-order valence-corrected chi connectivity index (χ0v) is 20.5. The average Bonchev–Trinajstić information content (AvgIpc) is 3.18. The molecule has 2 rings (SSSR count). The van der Waals surface area contributed by atoms with Crippen LogP contribution in [-0.4, -0.2) is 58.2 Å². The van der Waals surface area contributed by atoms with Crippen LogP contribution in [0.1, 0.15) is 38.2 Å². The molecule has 0 atom stereocenters. The Morgan fingerprint density at radius 2 is 1.90 bits per heavy atom. The van der Waals surface area contributed by atoms with Gasteiger partial charge >= 0.3 is 0 Å². The summed E-state index contributed by atoms with van der Waals surface area (Å²) in [6.07, 6.45) is 4.03. The third-order valence-electron chi connectivity index (χ3n) is 5.23. The summed E-state index contributed by atoms with van der Waals surface area (Å²) in [7, 11) is 7.03. The van der Waals surface area contributed by atoms with Gasteiger partial charge in [0.25, 0.3) is 0 Å². The number of carbonyl (C=O) groups excluding carboxylic acids is 1. The molecule has 29 heavy (non-hydrogen) atoms. The molecule has 0 spiro atoms. The van der Waals surface area contributed by atoms with Gasteiger partial charge in [-0.1, -0.05) is 18.9 Å². The minimum atomic E-state index is -0.330. The number of nitrogens with one attached hydrogen (secondary N) is 2. The molecule has 0 heterocycles. The van der Waals surface area contributed by atoms with Crippen LogP contribution in [0, 0.1) is 5.41 Å². The maximum absolute atomic E-state index is 12.7. The summed E-state index contributed by atoms with van der Waals surface area (Å²) in [5.74, 6) is 2.34. The Kier molecular flexibility index (Phi) is 10.6. The van der Waals surface area contributed by atoms with Crippen LogP contribution in [0.3, 0.4) is 0 Å². The van der Waals surface area contributed by atoms with Gasteiger partial charge in [-0.25, -0.2) is 0 Å². The summed E-state index contributed by atoms with van der Waals surface area (Å²) < 4.78 is 11.0. The third kappa shape index (κ3) is 6.65. The number of ether oxygens (including phenoxy) is 2. The van der Waals surface area contributed by atoms with Crippen LogP contribution in [0.4, 0.5) is 0 Å². The second kappa shape index (κ2) is 12.1. The number of halogens is 1. The fourth-order valence-corrected chi connectivity index (χ4v) is 3.75. The van der Waals surface area contributed by atoms with Gasteiger partial charge in [-0.2, -0.15) is 0 Å². The number of hydrogen-bond donors (Lipinski definition) is 2. The minimum absolute atomic E-state index is 0. The van der Waals surface area contributed by atoms with E-state index in [9.17, 15) is 4.79 Å². The molecule has 1 aromatic carbocycles. The predicted molar refractivity (Wildman–Crippen MR) is 127 cm³/mol. The monoisotopic (exact) mass is 518 g/mol. The molecule has 0 unspecified atom stereocenters. The van der Waals surface area contributed by atoms with Crippen molar-refractivity contribution >= 4 is 35.8 Å². The van der Waals surface area contributed by atoms with Gasteiger partial charge < -0.3 is 25.0 Å². The summed E-state index contributed by atoms with van der Waals surface area (Å²) in [6, 6.07) is 5.87. The van der Waals surface area contributed by atoms with Crippen LogP contribution in [0.25, 0.3) is 0 Å². The molecule has 0 saturated heterocycles. The number of rotatable bonds is 8. The van der Waals surface area contributed by atoms with E-state index in [-0.39, 0.29) is 35.3 Å². The van der Waals surface area contributed by atoms with E-state index >= 15 is 0 Å². The standard InChI is InChI=1S/C21H34N4O3.HI/c1-6-28-17-10-9-16(13-18(17)27-5)14-23-20(22-2)24-15-21(11-7-8-12-21)19(26)25(3)4;/h9-10,13H,6-8,11-12,14-15H2,1-5H3,(H2,22,23,24);1H. The lowest BCUT2D eigenvalue weighted by molar-refractivity contribution is -0.138. The first-order valence-electron chi connectivity index (χ1n) is 9.91. The molecule has 2 N–H and O–H groups in total. The Morgan fingerprint density at radius 3 is 2.45 bits per heavy atom. The van der Waals surface area contributed by atoms with E-state index in [1.165, 1.54) is 0 Å². The maximum Gasteiger partial charge on any atom is 0.230 e. The van der Waals surface area contributed by atoms with Crippen LogP contribution in [0.5, 0.6) is 11.5 Å². The van der Waals surface area contributed by atoms with E-state index < -0.39 is 0 Å². The first kappa shape index (κ1) is 25.3. The first-order valence-corrected chi connectivity index (χ1v) is 9.91. The van der Waals surface area contributed by atoms with E-state index in [1.807, 2.05) is 39.2 Å². The molecule has 1 saturated carbocycles. The number of carbonyl (C=O) groups is 1. The summed E-state index contributed by atoms with van der Waals surface area (Å²) in [5, 5.41) is 6.67. The summed E-state index contributed by atoms with van der Waals surface area (Å²) in [6.45, 7) is 3.73. The van der Waals surface area contributed by atoms with Crippen molar-refractivity contribution in [2.45, 2.75) is 39.2 Å². The number of guanidine groups is 1. The van der Waals surface area contributed by atoms with Gasteiger partial charge in [-0.3, -0.25) is 9.79 Å². The van der Waals surface area contributed by atoms with Gasteiger partial charge in [0.2, 0.25) is 5.91 Å². The quantitative estimate of drug-likeness (QED) is 0.315. The summed E-state index contributed by atoms with van der Waals surface area (Å²) in [5.41, 5.74) is 0.729. The van der Waals surface area contributed by atoms with Gasteiger partial charge in [0, 0.05) is 34.2 Å². The van der Waals surface area contributed by atoms with E-state index in [4.69, 9.17) is 9.47 Å². The Morgan fingerprint density at radius 1 is 1.21 bits per heavy atom. The zero-order chi connectivity index (χ0) is 20.6. The molecule has 0 bridgehead atoms. The molecule has 164 valence electrons. The van der Waals surface area contributed by atoms with Crippen molar-refractivity contribution in [3.63, 3.8) is 0 Å². The number of aliphatic imine (C=N–C) groups is 1. The number of amides is 1. The Bertz CT molecular complexity index is 689. The van der Waals surface area contributed by atoms with Crippen molar-refractivity contribution in [1.29, 1.82) is 0 Å². The van der Waals surface area contributed by atoms with Crippen molar-refractivity contribution in [1.82, 2.24) is 15.5 Å². The lowest BCUT2D eigenvalue weighted by Gasteiger charge is -2.31. The van der Waals surface area contributed by atoms with Crippen molar-refractivity contribution < 1.29 is 14.3 Å². The van der Waals surface area contributed by atoms with Crippen LogP contribution in [0.15, 0.2) is 23.2 Å². The zero-order valence-electron chi connectivity index (χ0n) is 18.2. The van der Waals surface area contributed by atoms with E-state index in [1.54, 1.807) is 19.1 Å². The van der Waals surface area contributed by atoms with Crippen LogP contribution >= 0.6 is 24.0 Å². The number of methoxy groups -OCH3 is 1. The Hall–Kier alpha value is -1.71. The highest BCUT2D eigenvalue weighted by Gasteiger charge is 2.42. The van der Waals surface area contributed by atoms with Crippen LogP contribution in [0.2, 0.25) is 0 Å². The summed E-state index contributed by atoms with van der Waals surface area (Å²) >= 11 is 0. The second-order valence-electron chi connectivity index (χ2n) is 7.38. The lowest BCUT2D eigenvalue weighted by atomic mass is 9.84. The van der Waals surface area contributed by atoms with Gasteiger partial charge in [0.1, 0.15) is 0 Å². The molecule has 0 radical (unpaired) electrons. The van der Waals surface area contributed by atoms with E-state index in [0.29, 0.717) is 31.4 Å². The fraction of sp³-hybridized carbons (Fsp3) is 0.619. The molecule has 0 aromatic heterocycles. The Balaban J connectivity index is 0.00000420. The van der Waals surface area contributed by atoms with E-state index in [0.717, 1.165) is 37.0 Å². The van der Waals surface area contributed by atoms with E-state index in [2.05, 4.69) is 15.6 Å². The topological polar surface area (TPSA) is 75.2 Å². The molecule has 7 nitrogen and oxygen atoms in total. The minimum Gasteiger partial charge on any atom is -0.493 e.